The van der Waals surface area contributed by atoms with Crippen LogP contribution in [0.3, 0.4) is 0 Å². The fourth-order valence-corrected chi connectivity index (χ4v) is 2.37. The number of halogens is 2. The van der Waals surface area contributed by atoms with E-state index in [4.69, 9.17) is 5.73 Å². The van der Waals surface area contributed by atoms with E-state index in [0.717, 1.165) is 3.79 Å². The molecule has 0 aliphatic carbocycles. The van der Waals surface area contributed by atoms with Crippen LogP contribution in [0.5, 0.6) is 0 Å². The first-order valence-electron chi connectivity index (χ1n) is 4.66. The summed E-state index contributed by atoms with van der Waals surface area (Å²) in [5.41, 5.74) is 6.30. The Labute approximate surface area is 110 Å². The molecular formula is C11H8BrFN2OS. The minimum absolute atomic E-state index is 0.0567. The van der Waals surface area contributed by atoms with Crippen LogP contribution in [0.4, 0.5) is 15.8 Å². The zero-order chi connectivity index (χ0) is 12.4. The van der Waals surface area contributed by atoms with Crippen molar-refractivity contribution in [3.8, 4) is 0 Å². The van der Waals surface area contributed by atoms with Gasteiger partial charge in [0, 0.05) is 11.1 Å². The quantitative estimate of drug-likeness (QED) is 0.834. The highest BCUT2D eigenvalue weighted by molar-refractivity contribution is 9.11. The third-order valence-electron chi connectivity index (χ3n) is 2.09. The number of anilines is 2. The Morgan fingerprint density at radius 3 is 2.76 bits per heavy atom. The summed E-state index contributed by atoms with van der Waals surface area (Å²) in [7, 11) is 0. The zero-order valence-corrected chi connectivity index (χ0v) is 10.9. The summed E-state index contributed by atoms with van der Waals surface area (Å²) < 4.78 is 14.0. The van der Waals surface area contributed by atoms with Gasteiger partial charge < -0.3 is 11.1 Å². The van der Waals surface area contributed by atoms with Gasteiger partial charge in [-0.15, -0.1) is 11.3 Å². The Morgan fingerprint density at radius 2 is 2.18 bits per heavy atom. The minimum atomic E-state index is -0.547. The van der Waals surface area contributed by atoms with Gasteiger partial charge in [-0.1, -0.05) is 0 Å². The third kappa shape index (κ3) is 2.83. The first-order valence-corrected chi connectivity index (χ1v) is 6.34. The summed E-state index contributed by atoms with van der Waals surface area (Å²) in [5, 5.41) is 4.31. The molecule has 1 amide bonds. The van der Waals surface area contributed by atoms with Crippen LogP contribution in [0.15, 0.2) is 33.4 Å². The average Bonchev–Trinajstić information content (AvgIpc) is 2.70. The summed E-state index contributed by atoms with van der Waals surface area (Å²) in [6.07, 6.45) is 0. The normalized spacial score (nSPS) is 10.2. The molecule has 0 aliphatic rings. The Hall–Kier alpha value is -1.40. The number of nitrogen functional groups attached to an aromatic ring is 1. The minimum Gasteiger partial charge on any atom is -0.396 e. The predicted molar refractivity (Wildman–Crippen MR) is 70.8 cm³/mol. The number of nitrogens with one attached hydrogen (secondary N) is 1. The number of rotatable bonds is 2. The van der Waals surface area contributed by atoms with Gasteiger partial charge in [0.15, 0.2) is 0 Å². The van der Waals surface area contributed by atoms with Crippen molar-refractivity contribution in [1.29, 1.82) is 0 Å². The molecule has 3 nitrogen and oxygen atoms in total. The molecule has 0 atom stereocenters. The predicted octanol–water partition coefficient (Wildman–Crippen LogP) is 3.48. The molecule has 3 N–H and O–H groups in total. The lowest BCUT2D eigenvalue weighted by atomic mass is 10.2. The lowest BCUT2D eigenvalue weighted by Crippen LogP contribution is -2.11. The van der Waals surface area contributed by atoms with Crippen molar-refractivity contribution in [1.82, 2.24) is 0 Å². The molecule has 2 aromatic rings. The first-order chi connectivity index (χ1) is 8.06. The van der Waals surface area contributed by atoms with Gasteiger partial charge in [-0.3, -0.25) is 4.79 Å². The second-order valence-electron chi connectivity index (χ2n) is 3.33. The monoisotopic (exact) mass is 314 g/mol. The molecule has 0 bridgehead atoms. The Kier molecular flexibility index (Phi) is 3.44. The summed E-state index contributed by atoms with van der Waals surface area (Å²) in [5.74, 6) is -0.828. The smallest absolute Gasteiger partial charge is 0.256 e. The van der Waals surface area contributed by atoms with E-state index in [1.54, 1.807) is 17.5 Å². The Bertz CT molecular complexity index is 570. The number of carbonyl (C=O) groups is 1. The molecule has 0 fully saturated rings. The highest BCUT2D eigenvalue weighted by Crippen LogP contribution is 2.22. The molecule has 1 aromatic carbocycles. The van der Waals surface area contributed by atoms with Crippen molar-refractivity contribution in [2.24, 2.45) is 0 Å². The van der Waals surface area contributed by atoms with Gasteiger partial charge in [0.2, 0.25) is 0 Å². The lowest BCUT2D eigenvalue weighted by Gasteiger charge is -2.04. The number of hydrogen-bond donors (Lipinski definition) is 2. The number of hydrogen-bond acceptors (Lipinski definition) is 3. The van der Waals surface area contributed by atoms with Crippen molar-refractivity contribution in [3.63, 3.8) is 0 Å². The van der Waals surface area contributed by atoms with Gasteiger partial charge in [-0.25, -0.2) is 4.39 Å². The maximum Gasteiger partial charge on any atom is 0.256 e. The van der Waals surface area contributed by atoms with E-state index in [1.165, 1.54) is 23.5 Å². The van der Waals surface area contributed by atoms with Gasteiger partial charge >= 0.3 is 0 Å². The standard InChI is InChI=1S/C11H8BrFN2OS/c12-10-3-6(5-17-10)11(16)15-7-1-2-9(14)8(13)4-7/h1-5H,14H2,(H,15,16). The van der Waals surface area contributed by atoms with Crippen molar-refractivity contribution >= 4 is 44.5 Å². The van der Waals surface area contributed by atoms with Crippen molar-refractivity contribution < 1.29 is 9.18 Å². The van der Waals surface area contributed by atoms with E-state index < -0.39 is 5.82 Å². The molecule has 88 valence electrons. The fraction of sp³-hybridized carbons (Fsp3) is 0. The number of carbonyl (C=O) groups excluding carboxylic acids is 1. The van der Waals surface area contributed by atoms with Crippen LogP contribution in [0.2, 0.25) is 0 Å². The van der Waals surface area contributed by atoms with Crippen LogP contribution < -0.4 is 11.1 Å². The molecule has 2 rings (SSSR count). The average molecular weight is 315 g/mol. The van der Waals surface area contributed by atoms with E-state index >= 15 is 0 Å². The van der Waals surface area contributed by atoms with Crippen molar-refractivity contribution in [2.75, 3.05) is 11.1 Å². The van der Waals surface area contributed by atoms with Gasteiger partial charge in [-0.05, 0) is 40.2 Å². The number of thiophene rings is 1. The first kappa shape index (κ1) is 12.1. The van der Waals surface area contributed by atoms with Crippen molar-refractivity contribution in [2.45, 2.75) is 0 Å². The van der Waals surface area contributed by atoms with Crippen molar-refractivity contribution in [3.05, 3.63) is 44.8 Å². The van der Waals surface area contributed by atoms with E-state index in [0.29, 0.717) is 11.3 Å². The van der Waals surface area contributed by atoms with E-state index in [-0.39, 0.29) is 11.6 Å². The molecule has 0 saturated carbocycles. The molecule has 0 saturated heterocycles. The van der Waals surface area contributed by atoms with Crippen LogP contribution in [0.1, 0.15) is 10.4 Å². The summed E-state index contributed by atoms with van der Waals surface area (Å²) in [4.78, 5) is 11.7. The van der Waals surface area contributed by atoms with Gasteiger partial charge in [-0.2, -0.15) is 0 Å². The topological polar surface area (TPSA) is 55.1 Å². The molecule has 1 aromatic heterocycles. The third-order valence-corrected chi connectivity index (χ3v) is 3.59. The zero-order valence-electron chi connectivity index (χ0n) is 8.54. The molecule has 6 heteroatoms. The van der Waals surface area contributed by atoms with E-state index in [2.05, 4.69) is 21.2 Å². The fourth-order valence-electron chi connectivity index (χ4n) is 1.24. The molecule has 1 heterocycles. The summed E-state index contributed by atoms with van der Waals surface area (Å²) in [6, 6.07) is 5.86. The van der Waals surface area contributed by atoms with Crippen LogP contribution in [0.25, 0.3) is 0 Å². The molecule has 0 unspecified atom stereocenters. The number of amides is 1. The second-order valence-corrected chi connectivity index (χ2v) is 5.62. The van der Waals surface area contributed by atoms with Crippen LogP contribution in [-0.2, 0) is 0 Å². The molecule has 0 spiro atoms. The Morgan fingerprint density at radius 1 is 1.41 bits per heavy atom. The van der Waals surface area contributed by atoms with Gasteiger partial charge in [0.1, 0.15) is 5.82 Å². The SMILES string of the molecule is Nc1ccc(NC(=O)c2csc(Br)c2)cc1F. The maximum absolute atomic E-state index is 13.2. The molecule has 0 radical (unpaired) electrons. The highest BCUT2D eigenvalue weighted by atomic mass is 79.9. The molecule has 0 aliphatic heterocycles. The van der Waals surface area contributed by atoms with E-state index in [9.17, 15) is 9.18 Å². The lowest BCUT2D eigenvalue weighted by molar-refractivity contribution is 0.102. The number of nitrogens with two attached hydrogens (primary N) is 1. The Balaban J connectivity index is 2.15. The largest absolute Gasteiger partial charge is 0.396 e. The highest BCUT2D eigenvalue weighted by Gasteiger charge is 2.09. The van der Waals surface area contributed by atoms with Crippen LogP contribution >= 0.6 is 27.3 Å². The summed E-state index contributed by atoms with van der Waals surface area (Å²) in [6.45, 7) is 0. The van der Waals surface area contributed by atoms with Crippen LogP contribution in [-0.4, -0.2) is 5.91 Å². The second kappa shape index (κ2) is 4.85. The summed E-state index contributed by atoms with van der Waals surface area (Å²) >= 11 is 4.68. The van der Waals surface area contributed by atoms with Crippen LogP contribution in [0, 0.1) is 5.82 Å². The van der Waals surface area contributed by atoms with Gasteiger partial charge in [0.25, 0.3) is 5.91 Å². The molecule has 17 heavy (non-hydrogen) atoms. The maximum atomic E-state index is 13.2. The molecular weight excluding hydrogens is 307 g/mol. The number of benzene rings is 1. The van der Waals surface area contributed by atoms with E-state index in [1.807, 2.05) is 0 Å². The van der Waals surface area contributed by atoms with Gasteiger partial charge in [0.05, 0.1) is 15.0 Å².